The van der Waals surface area contributed by atoms with Crippen LogP contribution in [-0.4, -0.2) is 61.5 Å². The van der Waals surface area contributed by atoms with Gasteiger partial charge in [-0.1, -0.05) is 5.57 Å². The van der Waals surface area contributed by atoms with E-state index in [2.05, 4.69) is 37.0 Å². The van der Waals surface area contributed by atoms with Gasteiger partial charge < -0.3 is 30.2 Å². The summed E-state index contributed by atoms with van der Waals surface area (Å²) in [6.45, 7) is 8.23. The van der Waals surface area contributed by atoms with Crippen LogP contribution in [0.3, 0.4) is 0 Å². The number of methoxy groups -OCH3 is 1. The number of nitrogens with zero attached hydrogens (tertiary/aromatic N) is 3. The van der Waals surface area contributed by atoms with Gasteiger partial charge in [-0.05, 0) is 62.2 Å². The van der Waals surface area contributed by atoms with E-state index >= 15 is 0 Å². The van der Waals surface area contributed by atoms with Crippen LogP contribution in [0.25, 0.3) is 6.08 Å². The summed E-state index contributed by atoms with van der Waals surface area (Å²) in [4.78, 5) is 13.3. The van der Waals surface area contributed by atoms with Crippen molar-refractivity contribution in [3.05, 3.63) is 65.2 Å². The Morgan fingerprint density at radius 3 is 2.75 bits per heavy atom. The van der Waals surface area contributed by atoms with Gasteiger partial charge in [0.05, 0.1) is 31.6 Å². The number of pyridine rings is 1. The Hall–Kier alpha value is -3.53. The topological polar surface area (TPSA) is 102 Å². The number of benzene rings is 1. The second-order valence-electron chi connectivity index (χ2n) is 8.59. The first-order valence-electron chi connectivity index (χ1n) is 12.2. The molecule has 0 atom stereocenters. The second-order valence-corrected chi connectivity index (χ2v) is 8.59. The first-order chi connectivity index (χ1) is 17.6. The molecule has 9 heteroatoms. The van der Waals surface area contributed by atoms with Crippen LogP contribution >= 0.6 is 0 Å². The predicted molar refractivity (Wildman–Crippen MR) is 142 cm³/mol. The normalized spacial score (nSPS) is 12.8. The fourth-order valence-corrected chi connectivity index (χ4v) is 3.79. The van der Waals surface area contributed by atoms with Crippen molar-refractivity contribution in [3.8, 4) is 11.5 Å². The van der Waals surface area contributed by atoms with Crippen molar-refractivity contribution in [1.82, 2.24) is 20.3 Å². The van der Waals surface area contributed by atoms with Crippen molar-refractivity contribution in [3.63, 3.8) is 0 Å². The number of hydrogen-bond donors (Lipinski definition) is 3. The van der Waals surface area contributed by atoms with E-state index < -0.39 is 0 Å². The highest BCUT2D eigenvalue weighted by atomic mass is 16.5. The van der Waals surface area contributed by atoms with Gasteiger partial charge in [0.15, 0.2) is 0 Å². The van der Waals surface area contributed by atoms with Crippen LogP contribution in [0.15, 0.2) is 48.4 Å². The number of aryl methyl sites for hydroxylation is 2. The van der Waals surface area contributed by atoms with Gasteiger partial charge in [-0.15, -0.1) is 0 Å². The second kappa shape index (κ2) is 13.0. The van der Waals surface area contributed by atoms with Crippen molar-refractivity contribution in [2.24, 2.45) is 0 Å². The lowest BCUT2D eigenvalue weighted by atomic mass is 10.1. The largest absolute Gasteiger partial charge is 0.455 e. The molecule has 0 fully saturated rings. The van der Waals surface area contributed by atoms with E-state index in [1.54, 1.807) is 19.6 Å². The Morgan fingerprint density at radius 1 is 1.03 bits per heavy atom. The predicted octanol–water partition coefficient (Wildman–Crippen LogP) is 4.48. The zero-order chi connectivity index (χ0) is 25.2. The van der Waals surface area contributed by atoms with Crippen LogP contribution in [0, 0.1) is 13.8 Å². The Bertz CT molecular complexity index is 1170. The van der Waals surface area contributed by atoms with E-state index in [1.165, 1.54) is 5.57 Å². The molecule has 36 heavy (non-hydrogen) atoms. The maximum atomic E-state index is 6.01. The van der Waals surface area contributed by atoms with Crippen molar-refractivity contribution in [1.29, 1.82) is 0 Å². The molecular weight excluding hydrogens is 456 g/mol. The minimum absolute atomic E-state index is 0.611. The summed E-state index contributed by atoms with van der Waals surface area (Å²) in [7, 11) is 1.67. The maximum Gasteiger partial charge on any atom is 0.145 e. The monoisotopic (exact) mass is 490 g/mol. The van der Waals surface area contributed by atoms with Gasteiger partial charge in [-0.25, -0.2) is 9.97 Å². The summed E-state index contributed by atoms with van der Waals surface area (Å²) in [5, 5.41) is 10.3. The fourth-order valence-electron chi connectivity index (χ4n) is 3.79. The van der Waals surface area contributed by atoms with Crippen molar-refractivity contribution in [2.45, 2.75) is 20.3 Å². The van der Waals surface area contributed by atoms with Crippen molar-refractivity contribution >= 4 is 23.4 Å². The van der Waals surface area contributed by atoms with Crippen LogP contribution in [-0.2, 0) is 9.47 Å². The molecule has 0 saturated heterocycles. The molecule has 1 aromatic carbocycles. The Morgan fingerprint density at radius 2 is 1.94 bits per heavy atom. The molecule has 3 aromatic rings. The summed E-state index contributed by atoms with van der Waals surface area (Å²) < 4.78 is 16.5. The van der Waals surface area contributed by atoms with Crippen LogP contribution in [0.5, 0.6) is 11.5 Å². The highest BCUT2D eigenvalue weighted by Crippen LogP contribution is 2.31. The molecule has 0 amide bonds. The molecule has 0 unspecified atom stereocenters. The van der Waals surface area contributed by atoms with Gasteiger partial charge in [0.25, 0.3) is 0 Å². The van der Waals surface area contributed by atoms with Gasteiger partial charge in [0.2, 0.25) is 0 Å². The highest BCUT2D eigenvalue weighted by Gasteiger charge is 2.15. The summed E-state index contributed by atoms with van der Waals surface area (Å²) in [6.07, 6.45) is 6.41. The maximum absolute atomic E-state index is 6.01. The smallest absolute Gasteiger partial charge is 0.145 e. The molecule has 0 saturated carbocycles. The van der Waals surface area contributed by atoms with E-state index in [1.807, 2.05) is 44.2 Å². The standard InChI is InChI=1S/C27H34N6O3/c1-19-14-22(5-7-25(19)36-23-6-4-20(2)30-17-23)33-27-24-15-21(8-9-29-26(24)31-18-32-27)16-28-10-11-35-13-12-34-3/h4-7,14-15,17-18,28H,8-13,16H2,1-3H3,(H2,29,31,32,33). The third-order valence-corrected chi connectivity index (χ3v) is 5.73. The van der Waals surface area contributed by atoms with Crippen LogP contribution in [0.4, 0.5) is 17.3 Å². The van der Waals surface area contributed by atoms with Crippen molar-refractivity contribution in [2.75, 3.05) is 57.2 Å². The molecule has 190 valence electrons. The molecule has 1 aliphatic heterocycles. The zero-order valence-electron chi connectivity index (χ0n) is 21.1. The average Bonchev–Trinajstić information content (AvgIpc) is 3.09. The lowest BCUT2D eigenvalue weighted by Gasteiger charge is -2.14. The van der Waals surface area contributed by atoms with E-state index in [4.69, 9.17) is 14.2 Å². The third-order valence-electron chi connectivity index (χ3n) is 5.73. The number of nitrogens with one attached hydrogen (secondary N) is 3. The number of fused-ring (bicyclic) bond motifs is 1. The van der Waals surface area contributed by atoms with E-state index in [-0.39, 0.29) is 0 Å². The first kappa shape index (κ1) is 25.6. The molecule has 0 bridgehead atoms. The van der Waals surface area contributed by atoms with Gasteiger partial charge in [0, 0.05) is 38.1 Å². The molecule has 3 N–H and O–H groups in total. The summed E-state index contributed by atoms with van der Waals surface area (Å²) in [5.74, 6) is 3.08. The highest BCUT2D eigenvalue weighted by molar-refractivity contribution is 5.78. The lowest BCUT2D eigenvalue weighted by molar-refractivity contribution is 0.0722. The Labute approximate surface area is 212 Å². The molecule has 0 radical (unpaired) electrons. The summed E-state index contributed by atoms with van der Waals surface area (Å²) >= 11 is 0. The molecule has 0 aliphatic carbocycles. The van der Waals surface area contributed by atoms with Crippen molar-refractivity contribution < 1.29 is 14.2 Å². The van der Waals surface area contributed by atoms with Gasteiger partial charge in [-0.2, -0.15) is 0 Å². The molecular formula is C27H34N6O3. The fraction of sp³-hybridized carbons (Fsp3) is 0.370. The molecule has 9 nitrogen and oxygen atoms in total. The van der Waals surface area contributed by atoms with Crippen LogP contribution in [0.1, 0.15) is 23.2 Å². The Balaban J connectivity index is 1.42. The molecule has 4 rings (SSSR count). The van der Waals surface area contributed by atoms with Crippen LogP contribution in [0.2, 0.25) is 0 Å². The van der Waals surface area contributed by atoms with Gasteiger partial charge in [-0.3, -0.25) is 4.98 Å². The number of ether oxygens (including phenoxy) is 3. The average molecular weight is 491 g/mol. The summed E-state index contributed by atoms with van der Waals surface area (Å²) in [6, 6.07) is 9.84. The zero-order valence-corrected chi connectivity index (χ0v) is 21.1. The van der Waals surface area contributed by atoms with E-state index in [9.17, 15) is 0 Å². The molecule has 0 spiro atoms. The van der Waals surface area contributed by atoms with Gasteiger partial charge in [0.1, 0.15) is 29.5 Å². The Kier molecular flexibility index (Phi) is 9.21. The molecule has 3 heterocycles. The molecule has 1 aliphatic rings. The van der Waals surface area contributed by atoms with E-state index in [0.717, 1.165) is 65.9 Å². The van der Waals surface area contributed by atoms with E-state index in [0.29, 0.717) is 25.6 Å². The minimum Gasteiger partial charge on any atom is -0.455 e. The molecule has 2 aromatic heterocycles. The number of anilines is 3. The number of rotatable bonds is 12. The third kappa shape index (κ3) is 7.24. The quantitative estimate of drug-likeness (QED) is 0.317. The van der Waals surface area contributed by atoms with Crippen LogP contribution < -0.4 is 20.7 Å². The van der Waals surface area contributed by atoms with Gasteiger partial charge >= 0.3 is 0 Å². The first-order valence-corrected chi connectivity index (χ1v) is 12.2. The lowest BCUT2D eigenvalue weighted by Crippen LogP contribution is -2.23. The minimum atomic E-state index is 0.611. The number of hydrogen-bond acceptors (Lipinski definition) is 9. The summed E-state index contributed by atoms with van der Waals surface area (Å²) in [5.41, 5.74) is 5.12. The SMILES string of the molecule is COCCOCCNCC1=Cc2c(ncnc2Nc2ccc(Oc3ccc(C)nc3)c(C)c2)NCC1. The number of aromatic nitrogens is 3.